The molecule has 0 bridgehead atoms. The summed E-state index contributed by atoms with van der Waals surface area (Å²) in [6, 6.07) is 2.18. The fourth-order valence-electron chi connectivity index (χ4n) is 3.54. The lowest BCUT2D eigenvalue weighted by atomic mass is 9.85. The SMILES string of the molecule is CN(C)C1CCC(CNc2nccc3[nH]cc(C(F)(F)F)c23)CC1. The molecule has 0 amide bonds. The van der Waals surface area contributed by atoms with Crippen molar-refractivity contribution in [2.24, 2.45) is 5.92 Å². The highest BCUT2D eigenvalue weighted by Gasteiger charge is 2.35. The number of hydrogen-bond donors (Lipinski definition) is 2. The van der Waals surface area contributed by atoms with E-state index in [1.807, 2.05) is 0 Å². The average Bonchev–Trinajstić information content (AvgIpc) is 2.98. The predicted molar refractivity (Wildman–Crippen MR) is 89.0 cm³/mol. The van der Waals surface area contributed by atoms with E-state index in [-0.39, 0.29) is 5.39 Å². The number of aromatic amines is 1. The van der Waals surface area contributed by atoms with Crippen molar-refractivity contribution in [3.8, 4) is 0 Å². The molecule has 0 unspecified atom stereocenters. The normalized spacial score (nSPS) is 22.2. The van der Waals surface area contributed by atoms with Gasteiger partial charge in [-0.3, -0.25) is 0 Å². The minimum Gasteiger partial charge on any atom is -0.369 e. The first-order chi connectivity index (χ1) is 11.4. The van der Waals surface area contributed by atoms with Gasteiger partial charge in [0.1, 0.15) is 5.82 Å². The molecule has 0 aliphatic heterocycles. The van der Waals surface area contributed by atoms with Crippen LogP contribution in [-0.4, -0.2) is 41.5 Å². The Morgan fingerprint density at radius 2 is 1.96 bits per heavy atom. The summed E-state index contributed by atoms with van der Waals surface area (Å²) in [4.78, 5) is 9.08. The van der Waals surface area contributed by atoms with Gasteiger partial charge in [-0.05, 0) is 51.8 Å². The Hall–Kier alpha value is -1.76. The number of rotatable bonds is 4. The van der Waals surface area contributed by atoms with E-state index in [9.17, 15) is 13.2 Å². The Labute approximate surface area is 139 Å². The Morgan fingerprint density at radius 3 is 2.58 bits per heavy atom. The first-order valence-electron chi connectivity index (χ1n) is 8.30. The van der Waals surface area contributed by atoms with Crippen LogP contribution in [0.15, 0.2) is 18.5 Å². The quantitative estimate of drug-likeness (QED) is 0.880. The molecule has 1 aliphatic rings. The molecule has 1 fully saturated rings. The third kappa shape index (κ3) is 3.50. The van der Waals surface area contributed by atoms with Crippen LogP contribution in [0.25, 0.3) is 10.9 Å². The van der Waals surface area contributed by atoms with Gasteiger partial charge in [-0.25, -0.2) is 4.98 Å². The zero-order valence-electron chi connectivity index (χ0n) is 14.0. The molecule has 7 heteroatoms. The first kappa shape index (κ1) is 17.1. The highest BCUT2D eigenvalue weighted by atomic mass is 19.4. The molecule has 2 heterocycles. The van der Waals surface area contributed by atoms with E-state index in [1.54, 1.807) is 6.07 Å². The molecule has 0 atom stereocenters. The van der Waals surface area contributed by atoms with E-state index in [4.69, 9.17) is 0 Å². The molecule has 0 radical (unpaired) electrons. The maximum absolute atomic E-state index is 13.2. The van der Waals surface area contributed by atoms with Crippen LogP contribution in [0.2, 0.25) is 0 Å². The van der Waals surface area contributed by atoms with Crippen molar-refractivity contribution in [2.45, 2.75) is 37.9 Å². The van der Waals surface area contributed by atoms with E-state index in [2.05, 4.69) is 34.3 Å². The Morgan fingerprint density at radius 1 is 1.25 bits per heavy atom. The number of fused-ring (bicyclic) bond motifs is 1. The second kappa shape index (κ2) is 6.63. The van der Waals surface area contributed by atoms with E-state index in [1.165, 1.54) is 6.20 Å². The van der Waals surface area contributed by atoms with Crippen LogP contribution in [0, 0.1) is 5.92 Å². The molecule has 2 N–H and O–H groups in total. The summed E-state index contributed by atoms with van der Waals surface area (Å²) in [5, 5.41) is 3.29. The topological polar surface area (TPSA) is 44.0 Å². The molecule has 0 spiro atoms. The van der Waals surface area contributed by atoms with E-state index < -0.39 is 11.7 Å². The summed E-state index contributed by atoms with van der Waals surface area (Å²) in [6.07, 6.45) is 2.60. The maximum atomic E-state index is 13.2. The summed E-state index contributed by atoms with van der Waals surface area (Å²) in [7, 11) is 4.19. The molecule has 1 aliphatic carbocycles. The van der Waals surface area contributed by atoms with Gasteiger partial charge in [-0.15, -0.1) is 0 Å². The largest absolute Gasteiger partial charge is 0.418 e. The number of nitrogens with one attached hydrogen (secondary N) is 2. The maximum Gasteiger partial charge on any atom is 0.418 e. The van der Waals surface area contributed by atoms with Crippen LogP contribution in [0.1, 0.15) is 31.2 Å². The number of halogens is 3. The van der Waals surface area contributed by atoms with Crippen LogP contribution in [-0.2, 0) is 6.18 Å². The van der Waals surface area contributed by atoms with Crippen molar-refractivity contribution in [3.05, 3.63) is 24.0 Å². The van der Waals surface area contributed by atoms with Crippen molar-refractivity contribution in [3.63, 3.8) is 0 Å². The summed E-state index contributed by atoms with van der Waals surface area (Å²) in [5.41, 5.74) is -0.208. The van der Waals surface area contributed by atoms with Gasteiger partial charge in [-0.2, -0.15) is 13.2 Å². The van der Waals surface area contributed by atoms with Crippen molar-refractivity contribution < 1.29 is 13.2 Å². The molecule has 2 aromatic rings. The third-order valence-corrected chi connectivity index (χ3v) is 5.00. The van der Waals surface area contributed by atoms with Crippen LogP contribution < -0.4 is 5.32 Å². The van der Waals surface area contributed by atoms with Gasteiger partial charge >= 0.3 is 6.18 Å². The zero-order chi connectivity index (χ0) is 17.3. The average molecular weight is 340 g/mol. The second-order valence-electron chi connectivity index (χ2n) is 6.80. The number of H-pyrrole nitrogens is 1. The minimum absolute atomic E-state index is 0.131. The third-order valence-electron chi connectivity index (χ3n) is 5.00. The molecule has 3 rings (SSSR count). The number of aromatic nitrogens is 2. The molecule has 2 aromatic heterocycles. The summed E-state index contributed by atoms with van der Waals surface area (Å²) < 4.78 is 39.5. The Balaban J connectivity index is 1.71. The van der Waals surface area contributed by atoms with Gasteiger partial charge in [0.15, 0.2) is 0 Å². The van der Waals surface area contributed by atoms with Gasteiger partial charge in [-0.1, -0.05) is 0 Å². The highest BCUT2D eigenvalue weighted by molar-refractivity contribution is 5.93. The van der Waals surface area contributed by atoms with Crippen molar-refractivity contribution in [2.75, 3.05) is 26.0 Å². The van der Waals surface area contributed by atoms with E-state index >= 15 is 0 Å². The minimum atomic E-state index is -4.39. The lowest BCUT2D eigenvalue weighted by Gasteiger charge is -2.32. The molecular weight excluding hydrogens is 317 g/mol. The van der Waals surface area contributed by atoms with Crippen LogP contribution in [0.4, 0.5) is 19.0 Å². The Kier molecular flexibility index (Phi) is 4.71. The molecule has 4 nitrogen and oxygen atoms in total. The first-order valence-corrected chi connectivity index (χ1v) is 8.30. The summed E-state index contributed by atoms with van der Waals surface area (Å²) in [6.45, 7) is 0.661. The lowest BCUT2D eigenvalue weighted by molar-refractivity contribution is -0.136. The second-order valence-corrected chi connectivity index (χ2v) is 6.80. The van der Waals surface area contributed by atoms with Crippen molar-refractivity contribution in [1.29, 1.82) is 0 Å². The molecular formula is C17H23F3N4. The monoisotopic (exact) mass is 340 g/mol. The number of anilines is 1. The number of alkyl halides is 3. The van der Waals surface area contributed by atoms with Crippen molar-refractivity contribution >= 4 is 16.7 Å². The van der Waals surface area contributed by atoms with Crippen LogP contribution in [0.3, 0.4) is 0 Å². The van der Waals surface area contributed by atoms with Gasteiger partial charge < -0.3 is 15.2 Å². The zero-order valence-corrected chi connectivity index (χ0v) is 14.0. The predicted octanol–water partition coefficient (Wildman–Crippen LogP) is 4.11. The smallest absolute Gasteiger partial charge is 0.369 e. The molecule has 24 heavy (non-hydrogen) atoms. The molecule has 132 valence electrons. The van der Waals surface area contributed by atoms with Gasteiger partial charge in [0.2, 0.25) is 0 Å². The van der Waals surface area contributed by atoms with Crippen LogP contribution in [0.5, 0.6) is 0 Å². The van der Waals surface area contributed by atoms with Crippen molar-refractivity contribution in [1.82, 2.24) is 14.9 Å². The fourth-order valence-corrected chi connectivity index (χ4v) is 3.54. The fraction of sp³-hybridized carbons (Fsp3) is 0.588. The molecule has 0 aromatic carbocycles. The van der Waals surface area contributed by atoms with Crippen LogP contribution >= 0.6 is 0 Å². The van der Waals surface area contributed by atoms with Gasteiger partial charge in [0.25, 0.3) is 0 Å². The number of nitrogens with zero attached hydrogens (tertiary/aromatic N) is 2. The molecule has 1 saturated carbocycles. The van der Waals surface area contributed by atoms with E-state index in [0.717, 1.165) is 31.9 Å². The Bertz CT molecular complexity index is 685. The lowest BCUT2D eigenvalue weighted by Crippen LogP contribution is -2.33. The highest BCUT2D eigenvalue weighted by Crippen LogP contribution is 2.37. The summed E-state index contributed by atoms with van der Waals surface area (Å²) >= 11 is 0. The van der Waals surface area contributed by atoms with E-state index in [0.29, 0.717) is 29.8 Å². The molecule has 0 saturated heterocycles. The summed E-state index contributed by atoms with van der Waals surface area (Å²) in [5.74, 6) is 0.794. The van der Waals surface area contributed by atoms with Gasteiger partial charge in [0, 0.05) is 25.0 Å². The number of hydrogen-bond acceptors (Lipinski definition) is 3. The standard InChI is InChI=1S/C17H23F3N4/c1-24(2)12-5-3-11(4-6-12)9-23-16-15-13(17(18,19)20)10-22-14(15)7-8-21-16/h7-8,10-12,22H,3-6,9H2,1-2H3,(H,21,23). The van der Waals surface area contributed by atoms with Gasteiger partial charge in [0.05, 0.1) is 16.5 Å². The number of pyridine rings is 1.